The van der Waals surface area contributed by atoms with Crippen LogP contribution < -0.4 is 5.32 Å². The summed E-state index contributed by atoms with van der Waals surface area (Å²) in [6, 6.07) is 5.80. The minimum Gasteiger partial charge on any atom is -0.465 e. The molecule has 1 heterocycles. The number of esters is 1. The zero-order chi connectivity index (χ0) is 16.3. The summed E-state index contributed by atoms with van der Waals surface area (Å²) in [7, 11) is 0. The van der Waals surface area contributed by atoms with Crippen LogP contribution in [0.2, 0.25) is 0 Å². The molecule has 0 aliphatic carbocycles. The van der Waals surface area contributed by atoms with Crippen molar-refractivity contribution in [3.63, 3.8) is 0 Å². The van der Waals surface area contributed by atoms with Crippen LogP contribution >= 0.6 is 0 Å². The molecule has 0 spiro atoms. The highest BCUT2D eigenvalue weighted by Crippen LogP contribution is 2.36. The SMILES string of the molecule is CCOC(=O)CNc1cccc2c1CN(C(=O)O)CC2(C)C. The first-order valence-corrected chi connectivity index (χ1v) is 7.35. The summed E-state index contributed by atoms with van der Waals surface area (Å²) in [5.74, 6) is -0.328. The summed E-state index contributed by atoms with van der Waals surface area (Å²) >= 11 is 0. The fourth-order valence-electron chi connectivity index (χ4n) is 2.88. The minimum absolute atomic E-state index is 0.0673. The number of carboxylic acid groups (broad SMARTS) is 1. The van der Waals surface area contributed by atoms with Gasteiger partial charge in [-0.1, -0.05) is 26.0 Å². The third-order valence-corrected chi connectivity index (χ3v) is 3.84. The highest BCUT2D eigenvalue weighted by molar-refractivity contribution is 5.76. The van der Waals surface area contributed by atoms with Crippen molar-refractivity contribution in [1.82, 2.24) is 4.90 Å². The highest BCUT2D eigenvalue weighted by atomic mass is 16.5. The van der Waals surface area contributed by atoms with E-state index in [0.717, 1.165) is 16.8 Å². The molecule has 2 rings (SSSR count). The number of carbonyl (C=O) groups is 2. The van der Waals surface area contributed by atoms with Gasteiger partial charge in [0.05, 0.1) is 13.2 Å². The van der Waals surface area contributed by atoms with E-state index in [2.05, 4.69) is 5.32 Å². The Labute approximate surface area is 130 Å². The number of hydrogen-bond acceptors (Lipinski definition) is 4. The van der Waals surface area contributed by atoms with Crippen LogP contribution in [0, 0.1) is 0 Å². The van der Waals surface area contributed by atoms with Gasteiger partial charge in [0.1, 0.15) is 6.54 Å². The molecule has 1 aliphatic rings. The van der Waals surface area contributed by atoms with Crippen molar-refractivity contribution in [1.29, 1.82) is 0 Å². The molecule has 120 valence electrons. The van der Waals surface area contributed by atoms with Gasteiger partial charge in [-0.2, -0.15) is 0 Å². The molecule has 6 nitrogen and oxygen atoms in total. The molecule has 1 amide bonds. The molecule has 6 heteroatoms. The second-order valence-corrected chi connectivity index (χ2v) is 6.01. The van der Waals surface area contributed by atoms with E-state index < -0.39 is 6.09 Å². The molecule has 0 aromatic heterocycles. The van der Waals surface area contributed by atoms with Crippen molar-refractivity contribution in [3.8, 4) is 0 Å². The van der Waals surface area contributed by atoms with E-state index in [1.54, 1.807) is 6.92 Å². The van der Waals surface area contributed by atoms with E-state index in [4.69, 9.17) is 4.74 Å². The third-order valence-electron chi connectivity index (χ3n) is 3.84. The molecule has 22 heavy (non-hydrogen) atoms. The van der Waals surface area contributed by atoms with Crippen molar-refractivity contribution in [3.05, 3.63) is 29.3 Å². The Hall–Kier alpha value is -2.24. The smallest absolute Gasteiger partial charge is 0.407 e. The maximum atomic E-state index is 11.5. The summed E-state index contributed by atoms with van der Waals surface area (Å²) in [5.41, 5.74) is 2.54. The quantitative estimate of drug-likeness (QED) is 0.835. The van der Waals surface area contributed by atoms with Crippen LogP contribution in [0.5, 0.6) is 0 Å². The molecule has 0 saturated carbocycles. The van der Waals surface area contributed by atoms with Gasteiger partial charge in [0, 0.05) is 17.6 Å². The van der Waals surface area contributed by atoms with E-state index in [-0.39, 0.29) is 17.9 Å². The van der Waals surface area contributed by atoms with Gasteiger partial charge in [-0.05, 0) is 24.1 Å². The molecule has 0 atom stereocenters. The Morgan fingerprint density at radius 2 is 2.14 bits per heavy atom. The monoisotopic (exact) mass is 306 g/mol. The Bertz CT molecular complexity index is 584. The Balaban J connectivity index is 2.27. The van der Waals surface area contributed by atoms with E-state index in [1.165, 1.54) is 4.90 Å². The lowest BCUT2D eigenvalue weighted by molar-refractivity contribution is -0.140. The molecular weight excluding hydrogens is 284 g/mol. The standard InChI is InChI=1S/C16H22N2O4/c1-4-22-14(19)8-17-13-7-5-6-12-11(13)9-18(15(20)21)10-16(12,2)3/h5-7,17H,4,8-10H2,1-3H3,(H,20,21). The van der Waals surface area contributed by atoms with Gasteiger partial charge in [-0.15, -0.1) is 0 Å². The number of ether oxygens (including phenoxy) is 1. The normalized spacial score (nSPS) is 15.9. The van der Waals surface area contributed by atoms with Crippen molar-refractivity contribution < 1.29 is 19.4 Å². The highest BCUT2D eigenvalue weighted by Gasteiger charge is 2.34. The van der Waals surface area contributed by atoms with Gasteiger partial charge >= 0.3 is 12.1 Å². The Kier molecular flexibility index (Phi) is 4.59. The molecule has 1 aliphatic heterocycles. The van der Waals surface area contributed by atoms with Gasteiger partial charge in [-0.25, -0.2) is 4.79 Å². The van der Waals surface area contributed by atoms with Crippen molar-refractivity contribution in [2.24, 2.45) is 0 Å². The first kappa shape index (κ1) is 16.1. The second kappa shape index (κ2) is 6.25. The van der Waals surface area contributed by atoms with Crippen LogP contribution in [-0.4, -0.2) is 41.8 Å². The summed E-state index contributed by atoms with van der Waals surface area (Å²) in [4.78, 5) is 24.2. The number of nitrogens with one attached hydrogen (secondary N) is 1. The number of benzene rings is 1. The molecule has 0 saturated heterocycles. The molecule has 1 aromatic carbocycles. The van der Waals surface area contributed by atoms with Crippen LogP contribution in [0.15, 0.2) is 18.2 Å². The van der Waals surface area contributed by atoms with Crippen LogP contribution in [0.1, 0.15) is 31.9 Å². The second-order valence-electron chi connectivity index (χ2n) is 6.01. The van der Waals surface area contributed by atoms with Crippen molar-refractivity contribution >= 4 is 17.7 Å². The van der Waals surface area contributed by atoms with Gasteiger partial charge in [0.15, 0.2) is 0 Å². The predicted octanol–water partition coefficient (Wildman–Crippen LogP) is 2.43. The first-order chi connectivity index (χ1) is 10.3. The maximum absolute atomic E-state index is 11.5. The van der Waals surface area contributed by atoms with E-state index in [9.17, 15) is 14.7 Å². The summed E-state index contributed by atoms with van der Waals surface area (Å²) < 4.78 is 4.90. The lowest BCUT2D eigenvalue weighted by Gasteiger charge is -2.39. The summed E-state index contributed by atoms with van der Waals surface area (Å²) in [5, 5.41) is 12.4. The van der Waals surface area contributed by atoms with E-state index in [0.29, 0.717) is 19.7 Å². The maximum Gasteiger partial charge on any atom is 0.407 e. The molecular formula is C16H22N2O4. The van der Waals surface area contributed by atoms with Crippen LogP contribution in [0.4, 0.5) is 10.5 Å². The average molecular weight is 306 g/mol. The van der Waals surface area contributed by atoms with Gasteiger partial charge in [-0.3, -0.25) is 4.79 Å². The third kappa shape index (κ3) is 3.32. The van der Waals surface area contributed by atoms with Crippen molar-refractivity contribution in [2.75, 3.05) is 25.0 Å². The zero-order valence-electron chi connectivity index (χ0n) is 13.2. The van der Waals surface area contributed by atoms with Gasteiger partial charge in [0.25, 0.3) is 0 Å². The number of rotatable bonds is 4. The summed E-state index contributed by atoms with van der Waals surface area (Å²) in [6.45, 7) is 6.99. The Morgan fingerprint density at radius 1 is 1.41 bits per heavy atom. The molecule has 0 unspecified atom stereocenters. The van der Waals surface area contributed by atoms with Crippen LogP contribution in [0.3, 0.4) is 0 Å². The number of anilines is 1. The fourth-order valence-corrected chi connectivity index (χ4v) is 2.88. The molecule has 0 radical (unpaired) electrons. The van der Waals surface area contributed by atoms with E-state index in [1.807, 2.05) is 32.0 Å². The van der Waals surface area contributed by atoms with Gasteiger partial charge in [0.2, 0.25) is 0 Å². The first-order valence-electron chi connectivity index (χ1n) is 7.35. The zero-order valence-corrected chi connectivity index (χ0v) is 13.2. The molecule has 0 fully saturated rings. The molecule has 1 aromatic rings. The lowest BCUT2D eigenvalue weighted by atomic mass is 9.78. The van der Waals surface area contributed by atoms with Crippen LogP contribution in [0.25, 0.3) is 0 Å². The Morgan fingerprint density at radius 3 is 2.77 bits per heavy atom. The minimum atomic E-state index is -0.932. The van der Waals surface area contributed by atoms with E-state index >= 15 is 0 Å². The predicted molar refractivity (Wildman–Crippen MR) is 83.0 cm³/mol. The average Bonchev–Trinajstić information content (AvgIpc) is 2.44. The molecule has 2 N–H and O–H groups in total. The number of hydrogen-bond donors (Lipinski definition) is 2. The number of nitrogens with zero attached hydrogens (tertiary/aromatic N) is 1. The van der Waals surface area contributed by atoms with Crippen LogP contribution in [-0.2, 0) is 21.5 Å². The number of fused-ring (bicyclic) bond motifs is 1. The van der Waals surface area contributed by atoms with Crippen molar-refractivity contribution in [2.45, 2.75) is 32.7 Å². The topological polar surface area (TPSA) is 78.9 Å². The number of carbonyl (C=O) groups excluding carboxylic acids is 1. The summed E-state index contributed by atoms with van der Waals surface area (Å²) in [6.07, 6.45) is -0.932. The lowest BCUT2D eigenvalue weighted by Crippen LogP contribution is -2.44. The largest absolute Gasteiger partial charge is 0.465 e. The molecule has 0 bridgehead atoms. The fraction of sp³-hybridized carbons (Fsp3) is 0.500. The number of amides is 1. The van der Waals surface area contributed by atoms with Gasteiger partial charge < -0.3 is 20.1 Å².